The average Bonchev–Trinajstić information content (AvgIpc) is 2.96. The quantitative estimate of drug-likeness (QED) is 0.262. The molecule has 1 unspecified atom stereocenters. The lowest BCUT2D eigenvalue weighted by Gasteiger charge is -2.33. The van der Waals surface area contributed by atoms with Crippen molar-refractivity contribution >= 4 is 50.7 Å². The van der Waals surface area contributed by atoms with Gasteiger partial charge in [-0.15, -0.1) is 0 Å². The third-order valence-electron chi connectivity index (χ3n) is 6.38. The SMILES string of the molecule is CCC(C(=O)NCC(C)C)N(Cc1ccc(Cl)c(Cl)c1)C(=O)CN(c1ccc(OC)cc1)S(=O)(=O)c1ccccc1. The van der Waals surface area contributed by atoms with E-state index < -0.39 is 28.5 Å². The molecule has 0 spiro atoms. The van der Waals surface area contributed by atoms with Gasteiger partial charge in [0.25, 0.3) is 10.0 Å². The van der Waals surface area contributed by atoms with Crippen molar-refractivity contribution < 1.29 is 22.7 Å². The first-order valence-corrected chi connectivity index (χ1v) is 15.4. The van der Waals surface area contributed by atoms with Crippen LogP contribution in [0.2, 0.25) is 10.0 Å². The van der Waals surface area contributed by atoms with Crippen LogP contribution in [-0.2, 0) is 26.2 Å². The second kappa shape index (κ2) is 14.6. The predicted octanol–water partition coefficient (Wildman–Crippen LogP) is 5.78. The summed E-state index contributed by atoms with van der Waals surface area (Å²) in [6.07, 6.45) is 0.310. The maximum absolute atomic E-state index is 14.1. The molecular weight excluding hydrogens is 585 g/mol. The van der Waals surface area contributed by atoms with Gasteiger partial charge in [0.2, 0.25) is 11.8 Å². The minimum atomic E-state index is -4.16. The second-order valence-electron chi connectivity index (χ2n) is 9.86. The molecule has 0 heterocycles. The van der Waals surface area contributed by atoms with E-state index in [2.05, 4.69) is 5.32 Å². The monoisotopic (exact) mass is 619 g/mol. The molecule has 8 nitrogen and oxygen atoms in total. The number of hydrogen-bond donors (Lipinski definition) is 1. The van der Waals surface area contributed by atoms with Gasteiger partial charge in [-0.3, -0.25) is 13.9 Å². The second-order valence-corrected chi connectivity index (χ2v) is 12.5. The van der Waals surface area contributed by atoms with Crippen LogP contribution in [0.15, 0.2) is 77.7 Å². The highest BCUT2D eigenvalue weighted by molar-refractivity contribution is 7.92. The molecule has 0 aliphatic carbocycles. The number of halogens is 2. The Labute approximate surface area is 252 Å². The van der Waals surface area contributed by atoms with E-state index in [-0.39, 0.29) is 29.0 Å². The molecule has 2 amide bonds. The normalized spacial score (nSPS) is 12.1. The van der Waals surface area contributed by atoms with E-state index in [1.807, 2.05) is 13.8 Å². The summed E-state index contributed by atoms with van der Waals surface area (Å²) in [5.41, 5.74) is 0.916. The number of methoxy groups -OCH3 is 1. The molecular formula is C30H35Cl2N3O5S. The number of carbonyl (C=O) groups excluding carboxylic acids is 2. The zero-order chi connectivity index (χ0) is 30.2. The molecule has 220 valence electrons. The number of nitrogens with zero attached hydrogens (tertiary/aromatic N) is 2. The zero-order valence-corrected chi connectivity index (χ0v) is 25.8. The van der Waals surface area contributed by atoms with E-state index in [9.17, 15) is 18.0 Å². The molecule has 3 aromatic carbocycles. The number of rotatable bonds is 13. The third kappa shape index (κ3) is 8.38. The molecule has 41 heavy (non-hydrogen) atoms. The number of anilines is 1. The topological polar surface area (TPSA) is 96.0 Å². The van der Waals surface area contributed by atoms with Gasteiger partial charge in [-0.25, -0.2) is 8.42 Å². The predicted molar refractivity (Wildman–Crippen MR) is 163 cm³/mol. The summed E-state index contributed by atoms with van der Waals surface area (Å²) in [6.45, 7) is 5.66. The molecule has 0 saturated carbocycles. The lowest BCUT2D eigenvalue weighted by molar-refractivity contribution is -0.140. The van der Waals surface area contributed by atoms with Crippen LogP contribution < -0.4 is 14.4 Å². The van der Waals surface area contributed by atoms with Gasteiger partial charge in [0, 0.05) is 13.1 Å². The summed E-state index contributed by atoms with van der Waals surface area (Å²) in [5, 5.41) is 3.56. The molecule has 0 bridgehead atoms. The zero-order valence-electron chi connectivity index (χ0n) is 23.5. The van der Waals surface area contributed by atoms with Gasteiger partial charge < -0.3 is 15.0 Å². The Morgan fingerprint density at radius 1 is 0.951 bits per heavy atom. The molecule has 0 aliphatic heterocycles. The van der Waals surface area contributed by atoms with Crippen molar-refractivity contribution in [2.75, 3.05) is 24.5 Å². The van der Waals surface area contributed by atoms with E-state index in [4.69, 9.17) is 27.9 Å². The molecule has 0 radical (unpaired) electrons. The number of amides is 2. The van der Waals surface area contributed by atoms with E-state index >= 15 is 0 Å². The van der Waals surface area contributed by atoms with Gasteiger partial charge in [0.15, 0.2) is 0 Å². The van der Waals surface area contributed by atoms with Gasteiger partial charge in [-0.2, -0.15) is 0 Å². The first-order valence-electron chi connectivity index (χ1n) is 13.2. The molecule has 1 atom stereocenters. The van der Waals surface area contributed by atoms with Crippen LogP contribution in [0.25, 0.3) is 0 Å². The summed E-state index contributed by atoms with van der Waals surface area (Å²) in [4.78, 5) is 28.8. The number of sulfonamides is 1. The Hall–Kier alpha value is -3.27. The van der Waals surface area contributed by atoms with Gasteiger partial charge >= 0.3 is 0 Å². The minimum absolute atomic E-state index is 0.0190. The van der Waals surface area contributed by atoms with E-state index in [1.165, 1.54) is 24.1 Å². The van der Waals surface area contributed by atoms with E-state index in [0.29, 0.717) is 34.3 Å². The summed E-state index contributed by atoms with van der Waals surface area (Å²) in [6, 6.07) is 18.4. The largest absolute Gasteiger partial charge is 0.497 e. The Bertz CT molecular complexity index is 1430. The average molecular weight is 621 g/mol. The highest BCUT2D eigenvalue weighted by Crippen LogP contribution is 2.28. The van der Waals surface area contributed by atoms with Crippen LogP contribution in [0.1, 0.15) is 32.8 Å². The lowest BCUT2D eigenvalue weighted by atomic mass is 10.1. The van der Waals surface area contributed by atoms with Crippen molar-refractivity contribution in [1.29, 1.82) is 0 Å². The highest BCUT2D eigenvalue weighted by Gasteiger charge is 2.33. The fourth-order valence-electron chi connectivity index (χ4n) is 4.17. The van der Waals surface area contributed by atoms with E-state index in [0.717, 1.165) is 4.31 Å². The Morgan fingerprint density at radius 2 is 1.61 bits per heavy atom. The van der Waals surface area contributed by atoms with Crippen molar-refractivity contribution in [3.8, 4) is 5.75 Å². The van der Waals surface area contributed by atoms with Crippen LogP contribution >= 0.6 is 23.2 Å². The first-order chi connectivity index (χ1) is 19.5. The number of nitrogens with one attached hydrogen (secondary N) is 1. The summed E-state index contributed by atoms with van der Waals surface area (Å²) >= 11 is 12.3. The fraction of sp³-hybridized carbons (Fsp3) is 0.333. The molecule has 11 heteroatoms. The lowest BCUT2D eigenvalue weighted by Crippen LogP contribution is -2.52. The van der Waals surface area contributed by atoms with Crippen molar-refractivity contribution in [3.05, 3.63) is 88.4 Å². The Morgan fingerprint density at radius 3 is 2.17 bits per heavy atom. The van der Waals surface area contributed by atoms with Crippen LogP contribution in [0.3, 0.4) is 0 Å². The maximum Gasteiger partial charge on any atom is 0.264 e. The smallest absolute Gasteiger partial charge is 0.264 e. The maximum atomic E-state index is 14.1. The summed E-state index contributed by atoms with van der Waals surface area (Å²) < 4.78 is 34.0. The molecule has 0 aromatic heterocycles. The van der Waals surface area contributed by atoms with Crippen LogP contribution in [0.5, 0.6) is 5.75 Å². The van der Waals surface area contributed by atoms with Crippen LogP contribution in [-0.4, -0.2) is 51.4 Å². The highest BCUT2D eigenvalue weighted by atomic mass is 35.5. The van der Waals surface area contributed by atoms with Crippen LogP contribution in [0.4, 0.5) is 5.69 Å². The fourth-order valence-corrected chi connectivity index (χ4v) is 5.93. The Kier molecular flexibility index (Phi) is 11.5. The number of benzene rings is 3. The first kappa shape index (κ1) is 32.2. The van der Waals surface area contributed by atoms with Gasteiger partial charge in [-0.1, -0.05) is 68.2 Å². The molecule has 1 N–H and O–H groups in total. The summed E-state index contributed by atoms with van der Waals surface area (Å²) in [7, 11) is -2.65. The van der Waals surface area contributed by atoms with Crippen molar-refractivity contribution in [2.45, 2.75) is 44.7 Å². The standard InChI is InChI=1S/C30H35Cl2N3O5S/c1-5-28(30(37)33-18-21(2)3)34(19-22-11-16-26(31)27(32)17-22)29(36)20-35(23-12-14-24(40-4)15-13-23)41(38,39)25-9-7-6-8-10-25/h6-17,21,28H,5,18-20H2,1-4H3,(H,33,37). The van der Waals surface area contributed by atoms with E-state index in [1.54, 1.807) is 67.6 Å². The number of hydrogen-bond acceptors (Lipinski definition) is 5. The van der Waals surface area contributed by atoms with Gasteiger partial charge in [0.05, 0.1) is 27.7 Å². The molecule has 0 fully saturated rings. The summed E-state index contributed by atoms with van der Waals surface area (Å²) in [5.74, 6) is -0.141. The molecule has 3 rings (SSSR count). The molecule has 0 saturated heterocycles. The van der Waals surface area contributed by atoms with Gasteiger partial charge in [-0.05, 0) is 66.4 Å². The number of ether oxygens (including phenoxy) is 1. The molecule has 0 aliphatic rings. The molecule has 3 aromatic rings. The van der Waals surface area contributed by atoms with Gasteiger partial charge in [0.1, 0.15) is 18.3 Å². The van der Waals surface area contributed by atoms with Crippen molar-refractivity contribution in [1.82, 2.24) is 10.2 Å². The van der Waals surface area contributed by atoms with Crippen molar-refractivity contribution in [2.24, 2.45) is 5.92 Å². The minimum Gasteiger partial charge on any atom is -0.497 e. The third-order valence-corrected chi connectivity index (χ3v) is 8.90. The Balaban J connectivity index is 2.05. The number of carbonyl (C=O) groups is 2. The van der Waals surface area contributed by atoms with Crippen molar-refractivity contribution in [3.63, 3.8) is 0 Å². The van der Waals surface area contributed by atoms with Crippen LogP contribution in [0, 0.1) is 5.92 Å².